The third-order valence-corrected chi connectivity index (χ3v) is 2.13. The molecule has 2 heterocycles. The monoisotopic (exact) mass is 230 g/mol. The molecule has 0 aromatic carbocycles. The van der Waals surface area contributed by atoms with Crippen LogP contribution in [-0.4, -0.2) is 14.6 Å². The Bertz CT molecular complexity index is 438. The van der Waals surface area contributed by atoms with Crippen LogP contribution in [0.4, 0.5) is 10.3 Å². The zero-order valence-corrected chi connectivity index (χ0v) is 7.42. The van der Waals surface area contributed by atoms with E-state index in [9.17, 15) is 4.39 Å². The molecule has 0 fully saturated rings. The molecule has 62 valence electrons. The number of halogens is 2. The van der Waals surface area contributed by atoms with Gasteiger partial charge in [0.1, 0.15) is 4.60 Å². The molecule has 0 radical (unpaired) electrons. The number of hydrogen-bond donors (Lipinski definition) is 1. The van der Waals surface area contributed by atoms with Gasteiger partial charge in [0.05, 0.1) is 0 Å². The van der Waals surface area contributed by atoms with Crippen molar-refractivity contribution in [2.24, 2.45) is 0 Å². The highest BCUT2D eigenvalue weighted by molar-refractivity contribution is 9.10. The number of fused-ring (bicyclic) bond motifs is 1. The van der Waals surface area contributed by atoms with Gasteiger partial charge in [-0.25, -0.2) is 8.91 Å². The average molecular weight is 231 g/mol. The first-order valence-electron chi connectivity index (χ1n) is 3.15. The van der Waals surface area contributed by atoms with Gasteiger partial charge in [0.25, 0.3) is 0 Å². The van der Waals surface area contributed by atoms with Gasteiger partial charge in [0.2, 0.25) is 5.95 Å². The van der Waals surface area contributed by atoms with E-state index in [2.05, 4.69) is 26.0 Å². The topological polar surface area (TPSA) is 56.2 Å². The molecule has 0 atom stereocenters. The molecule has 0 saturated carbocycles. The summed E-state index contributed by atoms with van der Waals surface area (Å²) in [6.07, 6.45) is 0. The van der Waals surface area contributed by atoms with E-state index in [0.717, 1.165) is 0 Å². The van der Waals surface area contributed by atoms with E-state index in [0.29, 0.717) is 5.65 Å². The Hall–Kier alpha value is -1.17. The van der Waals surface area contributed by atoms with Crippen molar-refractivity contribution in [2.75, 3.05) is 5.73 Å². The first-order valence-corrected chi connectivity index (χ1v) is 3.94. The van der Waals surface area contributed by atoms with Crippen LogP contribution in [0, 0.1) is 5.82 Å². The standard InChI is InChI=1S/C6H4BrFN4/c7-5-3(8)1-2-4-10-6(9)11-12(4)5/h1-2H,(H2,9,11). The van der Waals surface area contributed by atoms with E-state index in [-0.39, 0.29) is 10.6 Å². The maximum atomic E-state index is 12.9. The van der Waals surface area contributed by atoms with Crippen LogP contribution in [0.3, 0.4) is 0 Å². The average Bonchev–Trinajstić information content (AvgIpc) is 2.39. The fourth-order valence-corrected chi connectivity index (χ4v) is 1.30. The lowest BCUT2D eigenvalue weighted by atomic mass is 10.5. The Morgan fingerprint density at radius 2 is 2.25 bits per heavy atom. The van der Waals surface area contributed by atoms with Gasteiger partial charge in [-0.15, -0.1) is 5.10 Å². The van der Waals surface area contributed by atoms with Crippen molar-refractivity contribution in [1.29, 1.82) is 0 Å². The largest absolute Gasteiger partial charge is 0.366 e. The van der Waals surface area contributed by atoms with Crippen LogP contribution in [0.25, 0.3) is 5.65 Å². The van der Waals surface area contributed by atoms with Crippen LogP contribution in [0.2, 0.25) is 0 Å². The number of hydrogen-bond acceptors (Lipinski definition) is 3. The molecular formula is C6H4BrFN4. The summed E-state index contributed by atoms with van der Waals surface area (Å²) in [7, 11) is 0. The van der Waals surface area contributed by atoms with Crippen LogP contribution < -0.4 is 5.73 Å². The van der Waals surface area contributed by atoms with Crippen LogP contribution in [0.1, 0.15) is 0 Å². The third-order valence-electron chi connectivity index (χ3n) is 1.41. The zero-order valence-electron chi connectivity index (χ0n) is 5.83. The molecule has 2 aromatic heterocycles. The van der Waals surface area contributed by atoms with Crippen molar-refractivity contribution >= 4 is 27.5 Å². The highest BCUT2D eigenvalue weighted by Crippen LogP contribution is 2.16. The van der Waals surface area contributed by atoms with E-state index in [4.69, 9.17) is 5.73 Å². The number of nitrogen functional groups attached to an aromatic ring is 1. The van der Waals surface area contributed by atoms with Gasteiger partial charge in [-0.2, -0.15) is 4.98 Å². The summed E-state index contributed by atoms with van der Waals surface area (Å²) in [5.41, 5.74) is 5.84. The highest BCUT2D eigenvalue weighted by Gasteiger charge is 2.06. The van der Waals surface area contributed by atoms with Gasteiger partial charge in [-0.05, 0) is 28.1 Å². The fourth-order valence-electron chi connectivity index (χ4n) is 0.911. The fraction of sp³-hybridized carbons (Fsp3) is 0. The molecule has 0 aliphatic heterocycles. The summed E-state index contributed by atoms with van der Waals surface area (Å²) in [6.45, 7) is 0. The molecule has 0 aliphatic carbocycles. The molecular weight excluding hydrogens is 227 g/mol. The van der Waals surface area contributed by atoms with E-state index >= 15 is 0 Å². The van der Waals surface area contributed by atoms with Gasteiger partial charge in [0.15, 0.2) is 11.5 Å². The minimum absolute atomic E-state index is 0.126. The summed E-state index contributed by atoms with van der Waals surface area (Å²) in [5.74, 6) is -0.270. The molecule has 0 unspecified atom stereocenters. The first kappa shape index (κ1) is 7.48. The zero-order chi connectivity index (χ0) is 8.72. The van der Waals surface area contributed by atoms with Crippen molar-refractivity contribution in [3.8, 4) is 0 Å². The Labute approximate surface area is 75.3 Å². The first-order chi connectivity index (χ1) is 5.68. The van der Waals surface area contributed by atoms with Crippen molar-refractivity contribution in [2.45, 2.75) is 0 Å². The van der Waals surface area contributed by atoms with Crippen LogP contribution in [0.5, 0.6) is 0 Å². The molecule has 0 amide bonds. The molecule has 4 nitrogen and oxygen atoms in total. The van der Waals surface area contributed by atoms with Crippen LogP contribution >= 0.6 is 15.9 Å². The van der Waals surface area contributed by atoms with Crippen molar-refractivity contribution < 1.29 is 4.39 Å². The van der Waals surface area contributed by atoms with Crippen LogP contribution in [0.15, 0.2) is 16.7 Å². The molecule has 2 N–H and O–H groups in total. The molecule has 2 rings (SSSR count). The van der Waals surface area contributed by atoms with Gasteiger partial charge < -0.3 is 5.73 Å². The second-order valence-corrected chi connectivity index (χ2v) is 2.96. The maximum Gasteiger partial charge on any atom is 0.240 e. The predicted molar refractivity (Wildman–Crippen MR) is 45.1 cm³/mol. The van der Waals surface area contributed by atoms with Gasteiger partial charge in [-0.1, -0.05) is 0 Å². The smallest absolute Gasteiger partial charge is 0.240 e. The third kappa shape index (κ3) is 0.953. The lowest BCUT2D eigenvalue weighted by molar-refractivity contribution is 0.604. The number of rotatable bonds is 0. The van der Waals surface area contributed by atoms with E-state index < -0.39 is 5.82 Å². The number of aromatic nitrogens is 3. The number of nitrogens with two attached hydrogens (primary N) is 1. The van der Waals surface area contributed by atoms with E-state index in [1.54, 1.807) is 0 Å². The Balaban J connectivity index is 2.89. The van der Waals surface area contributed by atoms with E-state index in [1.165, 1.54) is 16.6 Å². The summed E-state index contributed by atoms with van der Waals surface area (Å²) in [5, 5.41) is 3.77. The van der Waals surface area contributed by atoms with Gasteiger partial charge in [-0.3, -0.25) is 0 Å². The van der Waals surface area contributed by atoms with Crippen LogP contribution in [-0.2, 0) is 0 Å². The highest BCUT2D eigenvalue weighted by atomic mass is 79.9. The normalized spacial score (nSPS) is 10.8. The number of pyridine rings is 1. The number of nitrogens with zero attached hydrogens (tertiary/aromatic N) is 3. The molecule has 0 spiro atoms. The summed E-state index contributed by atoms with van der Waals surface area (Å²) < 4.78 is 14.4. The van der Waals surface area contributed by atoms with Gasteiger partial charge >= 0.3 is 0 Å². The second kappa shape index (κ2) is 2.41. The molecule has 0 aliphatic rings. The van der Waals surface area contributed by atoms with Crippen molar-refractivity contribution in [1.82, 2.24) is 14.6 Å². The number of anilines is 1. The van der Waals surface area contributed by atoms with Gasteiger partial charge in [0, 0.05) is 0 Å². The lowest BCUT2D eigenvalue weighted by Gasteiger charge is -1.95. The molecule has 6 heteroatoms. The summed E-state index contributed by atoms with van der Waals surface area (Å²) >= 11 is 3.02. The minimum atomic E-state index is -0.396. The Morgan fingerprint density at radius 1 is 1.50 bits per heavy atom. The maximum absolute atomic E-state index is 12.9. The predicted octanol–water partition coefficient (Wildman–Crippen LogP) is 1.21. The summed E-state index contributed by atoms with van der Waals surface area (Å²) in [6, 6.07) is 2.80. The second-order valence-electron chi connectivity index (χ2n) is 2.21. The molecule has 0 bridgehead atoms. The van der Waals surface area contributed by atoms with Crippen molar-refractivity contribution in [3.63, 3.8) is 0 Å². The molecule has 12 heavy (non-hydrogen) atoms. The lowest BCUT2D eigenvalue weighted by Crippen LogP contribution is -1.93. The minimum Gasteiger partial charge on any atom is -0.366 e. The molecule has 0 saturated heterocycles. The van der Waals surface area contributed by atoms with Crippen molar-refractivity contribution in [3.05, 3.63) is 22.6 Å². The Kier molecular flexibility index (Phi) is 1.50. The quantitative estimate of drug-likeness (QED) is 0.693. The SMILES string of the molecule is Nc1nc2ccc(F)c(Br)n2n1. The van der Waals surface area contributed by atoms with E-state index in [1.807, 2.05) is 0 Å². The Morgan fingerprint density at radius 3 is 3.00 bits per heavy atom. The summed E-state index contributed by atoms with van der Waals surface area (Å²) in [4.78, 5) is 3.85. The molecule has 2 aromatic rings.